The van der Waals surface area contributed by atoms with Gasteiger partial charge in [-0.3, -0.25) is 0 Å². The highest BCUT2D eigenvalue weighted by Crippen LogP contribution is 2.07. The molecule has 0 N–H and O–H groups in total. The minimum atomic E-state index is 0.502. The molecule has 1 atom stereocenters. The third-order valence-corrected chi connectivity index (χ3v) is 1.73. The Morgan fingerprint density at radius 2 is 1.82 bits per heavy atom. The highest BCUT2D eigenvalue weighted by Gasteiger charge is 2.05. The van der Waals surface area contributed by atoms with Crippen LogP contribution >= 0.6 is 0 Å². The molecule has 0 bridgehead atoms. The van der Waals surface area contributed by atoms with Crippen molar-refractivity contribution in [3.8, 4) is 0 Å². The van der Waals surface area contributed by atoms with E-state index in [0.29, 0.717) is 12.0 Å². The van der Waals surface area contributed by atoms with Crippen molar-refractivity contribution in [1.29, 1.82) is 0 Å². The van der Waals surface area contributed by atoms with E-state index in [2.05, 4.69) is 27.7 Å². The van der Waals surface area contributed by atoms with Gasteiger partial charge in [0.05, 0.1) is 6.10 Å². The highest BCUT2D eigenvalue weighted by atomic mass is 16.5. The molecule has 0 radical (unpaired) electrons. The second kappa shape index (κ2) is 6.66. The maximum Gasteiger partial charge on any atom is 0.0572 e. The van der Waals surface area contributed by atoms with E-state index in [-0.39, 0.29) is 0 Å². The molecule has 0 aromatic rings. The van der Waals surface area contributed by atoms with Gasteiger partial charge in [-0.25, -0.2) is 0 Å². The molecular weight excluding hydrogens is 136 g/mol. The Labute approximate surface area is 71.1 Å². The number of hydrogen-bond acceptors (Lipinski definition) is 1. The van der Waals surface area contributed by atoms with Crippen molar-refractivity contribution in [3.63, 3.8) is 0 Å². The van der Waals surface area contributed by atoms with Gasteiger partial charge < -0.3 is 4.74 Å². The quantitative estimate of drug-likeness (QED) is 0.576. The smallest absolute Gasteiger partial charge is 0.0572 e. The molecule has 0 amide bonds. The van der Waals surface area contributed by atoms with Crippen LogP contribution in [-0.2, 0) is 4.74 Å². The summed E-state index contributed by atoms with van der Waals surface area (Å²) < 4.78 is 5.69. The van der Waals surface area contributed by atoms with Gasteiger partial charge in [0.15, 0.2) is 0 Å². The molecule has 0 spiro atoms. The summed E-state index contributed by atoms with van der Waals surface area (Å²) in [5.74, 6) is 0.668. The van der Waals surface area contributed by atoms with Crippen LogP contribution in [-0.4, -0.2) is 12.7 Å². The van der Waals surface area contributed by atoms with Gasteiger partial charge >= 0.3 is 0 Å². The molecule has 0 fully saturated rings. The van der Waals surface area contributed by atoms with Gasteiger partial charge in [-0.1, -0.05) is 34.1 Å². The van der Waals surface area contributed by atoms with Crippen LogP contribution in [0.5, 0.6) is 0 Å². The summed E-state index contributed by atoms with van der Waals surface area (Å²) >= 11 is 0. The summed E-state index contributed by atoms with van der Waals surface area (Å²) in [6.45, 7) is 9.71. The van der Waals surface area contributed by atoms with Crippen LogP contribution in [0.15, 0.2) is 0 Å². The zero-order chi connectivity index (χ0) is 8.69. The first kappa shape index (κ1) is 11.0. The van der Waals surface area contributed by atoms with E-state index < -0.39 is 0 Å². The van der Waals surface area contributed by atoms with Gasteiger partial charge in [-0.2, -0.15) is 0 Å². The molecule has 0 aliphatic rings. The predicted octanol–water partition coefficient (Wildman–Crippen LogP) is 3.24. The lowest BCUT2D eigenvalue weighted by Gasteiger charge is -2.16. The van der Waals surface area contributed by atoms with Gasteiger partial charge in [0, 0.05) is 6.61 Å². The second-order valence-electron chi connectivity index (χ2n) is 3.55. The van der Waals surface area contributed by atoms with E-state index in [9.17, 15) is 0 Å². The molecule has 0 rings (SSSR count). The first-order valence-electron chi connectivity index (χ1n) is 4.82. The minimum Gasteiger partial charge on any atom is -0.378 e. The Hall–Kier alpha value is -0.0400. The minimum absolute atomic E-state index is 0.502. The van der Waals surface area contributed by atoms with Crippen LogP contribution in [0.3, 0.4) is 0 Å². The van der Waals surface area contributed by atoms with Gasteiger partial charge in [0.25, 0.3) is 0 Å². The van der Waals surface area contributed by atoms with E-state index in [4.69, 9.17) is 4.74 Å². The summed E-state index contributed by atoms with van der Waals surface area (Å²) in [5, 5.41) is 0. The highest BCUT2D eigenvalue weighted by molar-refractivity contribution is 4.54. The molecule has 68 valence electrons. The summed E-state index contributed by atoms with van der Waals surface area (Å²) in [6, 6.07) is 0. The Bertz CT molecular complexity index is 78.9. The molecule has 1 unspecified atom stereocenters. The van der Waals surface area contributed by atoms with Gasteiger partial charge in [-0.15, -0.1) is 0 Å². The Balaban J connectivity index is 3.35. The summed E-state index contributed by atoms with van der Waals surface area (Å²) in [6.07, 6.45) is 4.10. The van der Waals surface area contributed by atoms with E-state index in [0.717, 1.165) is 13.0 Å². The van der Waals surface area contributed by atoms with Crippen LogP contribution < -0.4 is 0 Å². The predicted molar refractivity (Wildman–Crippen MR) is 49.8 cm³/mol. The average Bonchev–Trinajstić information content (AvgIpc) is 1.97. The van der Waals surface area contributed by atoms with Crippen molar-refractivity contribution in [3.05, 3.63) is 0 Å². The molecule has 1 heteroatoms. The lowest BCUT2D eigenvalue weighted by molar-refractivity contribution is 0.0281. The zero-order valence-corrected chi connectivity index (χ0v) is 8.39. The van der Waals surface area contributed by atoms with E-state index in [1.807, 2.05) is 0 Å². The van der Waals surface area contributed by atoms with Gasteiger partial charge in [-0.05, 0) is 18.8 Å². The van der Waals surface area contributed by atoms with E-state index >= 15 is 0 Å². The Kier molecular flexibility index (Phi) is 6.63. The van der Waals surface area contributed by atoms with Crippen LogP contribution in [0, 0.1) is 5.92 Å². The van der Waals surface area contributed by atoms with Crippen molar-refractivity contribution in [2.45, 2.75) is 53.1 Å². The first-order valence-corrected chi connectivity index (χ1v) is 4.82. The third-order valence-electron chi connectivity index (χ3n) is 1.73. The SMILES string of the molecule is CCCC(CC)OCC(C)C. The molecule has 0 saturated carbocycles. The van der Waals surface area contributed by atoms with E-state index in [1.54, 1.807) is 0 Å². The monoisotopic (exact) mass is 158 g/mol. The molecule has 0 aromatic carbocycles. The summed E-state index contributed by atoms with van der Waals surface area (Å²) in [7, 11) is 0. The normalized spacial score (nSPS) is 13.9. The van der Waals surface area contributed by atoms with Crippen LogP contribution in [0.25, 0.3) is 0 Å². The molecular formula is C10H22O. The molecule has 0 aliphatic carbocycles. The largest absolute Gasteiger partial charge is 0.378 e. The number of rotatable bonds is 6. The molecule has 0 saturated heterocycles. The maximum atomic E-state index is 5.69. The molecule has 0 aliphatic heterocycles. The molecule has 1 nitrogen and oxygen atoms in total. The standard InChI is InChI=1S/C10H22O/c1-5-7-10(6-2)11-8-9(3)4/h9-10H,5-8H2,1-4H3. The molecule has 11 heavy (non-hydrogen) atoms. The second-order valence-corrected chi connectivity index (χ2v) is 3.55. The number of hydrogen-bond donors (Lipinski definition) is 0. The van der Waals surface area contributed by atoms with Crippen molar-refractivity contribution in [2.75, 3.05) is 6.61 Å². The molecule has 0 aromatic heterocycles. The fourth-order valence-electron chi connectivity index (χ4n) is 1.06. The maximum absolute atomic E-state index is 5.69. The Morgan fingerprint density at radius 1 is 1.18 bits per heavy atom. The zero-order valence-electron chi connectivity index (χ0n) is 8.39. The van der Waals surface area contributed by atoms with Crippen molar-refractivity contribution >= 4 is 0 Å². The average molecular weight is 158 g/mol. The lowest BCUT2D eigenvalue weighted by Crippen LogP contribution is -2.14. The van der Waals surface area contributed by atoms with Gasteiger partial charge in [0.2, 0.25) is 0 Å². The Morgan fingerprint density at radius 3 is 2.18 bits per heavy atom. The topological polar surface area (TPSA) is 9.23 Å². The number of ether oxygens (including phenoxy) is 1. The summed E-state index contributed by atoms with van der Waals surface area (Å²) in [5.41, 5.74) is 0. The van der Waals surface area contributed by atoms with Crippen molar-refractivity contribution in [1.82, 2.24) is 0 Å². The van der Waals surface area contributed by atoms with Crippen molar-refractivity contribution in [2.24, 2.45) is 5.92 Å². The first-order chi connectivity index (χ1) is 5.20. The van der Waals surface area contributed by atoms with E-state index in [1.165, 1.54) is 12.8 Å². The van der Waals surface area contributed by atoms with Crippen LogP contribution in [0.1, 0.15) is 47.0 Å². The van der Waals surface area contributed by atoms with Crippen molar-refractivity contribution < 1.29 is 4.74 Å². The van der Waals surface area contributed by atoms with Crippen LogP contribution in [0.4, 0.5) is 0 Å². The fraction of sp³-hybridized carbons (Fsp3) is 1.00. The lowest BCUT2D eigenvalue weighted by atomic mass is 10.1. The fourth-order valence-corrected chi connectivity index (χ4v) is 1.06. The molecule has 0 heterocycles. The summed E-state index contributed by atoms with van der Waals surface area (Å²) in [4.78, 5) is 0. The van der Waals surface area contributed by atoms with Crippen LogP contribution in [0.2, 0.25) is 0 Å². The third kappa shape index (κ3) is 6.36. The van der Waals surface area contributed by atoms with Gasteiger partial charge in [0.1, 0.15) is 0 Å².